The second-order valence-corrected chi connectivity index (χ2v) is 8.48. The van der Waals surface area contributed by atoms with Crippen molar-refractivity contribution in [3.8, 4) is 5.75 Å². The predicted molar refractivity (Wildman–Crippen MR) is 128 cm³/mol. The fourth-order valence-electron chi connectivity index (χ4n) is 2.62. The third-order valence-electron chi connectivity index (χ3n) is 4.13. The van der Waals surface area contributed by atoms with Crippen LogP contribution in [0.15, 0.2) is 52.4 Å². The molecule has 1 amide bonds. The largest absolute Gasteiger partial charge is 0.481 e. The molecule has 0 saturated carbocycles. The standard InChI is InChI=1S/C22H21IN2O4S/c1-3-14-5-8-16(9-6-14)24-22-25-21(27)19(30-22)12-15-7-10-18(17(23)11-15)29-13-20(26)28-4-2/h5-12H,3-4,13H2,1-2H3,(H,24,25,27)/b19-12-. The molecule has 1 saturated heterocycles. The molecule has 0 unspecified atom stereocenters. The maximum atomic E-state index is 12.3. The lowest BCUT2D eigenvalue weighted by Crippen LogP contribution is -2.19. The minimum Gasteiger partial charge on any atom is -0.481 e. The van der Waals surface area contributed by atoms with Crippen LogP contribution >= 0.6 is 34.4 Å². The van der Waals surface area contributed by atoms with Crippen LogP contribution in [0.4, 0.5) is 5.69 Å². The van der Waals surface area contributed by atoms with E-state index < -0.39 is 5.97 Å². The van der Waals surface area contributed by atoms with E-state index in [4.69, 9.17) is 9.47 Å². The van der Waals surface area contributed by atoms with Crippen LogP contribution in [0.1, 0.15) is 25.0 Å². The normalized spacial score (nSPS) is 16.0. The Morgan fingerprint density at radius 1 is 1.20 bits per heavy atom. The van der Waals surface area contributed by atoms with Gasteiger partial charge in [-0.3, -0.25) is 4.79 Å². The number of amides is 1. The van der Waals surface area contributed by atoms with E-state index in [0.29, 0.717) is 22.4 Å². The van der Waals surface area contributed by atoms with Gasteiger partial charge in [0.05, 0.1) is 20.8 Å². The molecule has 3 rings (SSSR count). The summed E-state index contributed by atoms with van der Waals surface area (Å²) < 4.78 is 11.2. The number of carbonyl (C=O) groups is 2. The summed E-state index contributed by atoms with van der Waals surface area (Å²) in [5, 5.41) is 3.35. The first-order valence-corrected chi connectivity index (χ1v) is 11.3. The fourth-order valence-corrected chi connectivity index (χ4v) is 4.16. The van der Waals surface area contributed by atoms with Crippen molar-refractivity contribution in [3.63, 3.8) is 0 Å². The minimum absolute atomic E-state index is 0.137. The molecule has 0 spiro atoms. The Morgan fingerprint density at radius 2 is 1.97 bits per heavy atom. The number of hydrogen-bond donors (Lipinski definition) is 1. The monoisotopic (exact) mass is 536 g/mol. The molecular formula is C22H21IN2O4S. The summed E-state index contributed by atoms with van der Waals surface area (Å²) >= 11 is 3.44. The highest BCUT2D eigenvalue weighted by Crippen LogP contribution is 2.30. The van der Waals surface area contributed by atoms with Gasteiger partial charge >= 0.3 is 5.97 Å². The lowest BCUT2D eigenvalue weighted by atomic mass is 10.2. The van der Waals surface area contributed by atoms with E-state index in [2.05, 4.69) is 39.8 Å². The summed E-state index contributed by atoms with van der Waals surface area (Å²) in [4.78, 5) is 28.8. The number of amidine groups is 1. The van der Waals surface area contributed by atoms with E-state index in [-0.39, 0.29) is 12.5 Å². The van der Waals surface area contributed by atoms with E-state index in [1.807, 2.05) is 36.4 Å². The Bertz CT molecular complexity index is 1000. The van der Waals surface area contributed by atoms with Crippen LogP contribution in [0.2, 0.25) is 0 Å². The molecule has 1 heterocycles. The number of esters is 1. The lowest BCUT2D eigenvalue weighted by Gasteiger charge is -2.08. The third kappa shape index (κ3) is 6.09. The average molecular weight is 536 g/mol. The third-order valence-corrected chi connectivity index (χ3v) is 5.88. The number of aliphatic imine (C=N–C) groups is 1. The Labute approximate surface area is 193 Å². The summed E-state index contributed by atoms with van der Waals surface area (Å²) in [6, 6.07) is 13.4. The summed E-state index contributed by atoms with van der Waals surface area (Å²) in [5.74, 6) is 0.00310. The molecule has 0 atom stereocenters. The van der Waals surface area contributed by atoms with Crippen molar-refractivity contribution < 1.29 is 19.1 Å². The number of aryl methyl sites for hydroxylation is 1. The van der Waals surface area contributed by atoms with Crippen molar-refractivity contribution in [2.24, 2.45) is 4.99 Å². The number of thioether (sulfide) groups is 1. The van der Waals surface area contributed by atoms with Gasteiger partial charge in [-0.1, -0.05) is 25.1 Å². The first-order chi connectivity index (χ1) is 14.5. The van der Waals surface area contributed by atoms with Gasteiger partial charge in [0.2, 0.25) is 0 Å². The molecule has 1 N–H and O–H groups in total. The zero-order chi connectivity index (χ0) is 21.5. The quantitative estimate of drug-likeness (QED) is 0.316. The van der Waals surface area contributed by atoms with Crippen LogP contribution in [-0.2, 0) is 20.7 Å². The molecule has 6 nitrogen and oxygen atoms in total. The van der Waals surface area contributed by atoms with Crippen molar-refractivity contribution in [3.05, 3.63) is 62.1 Å². The number of nitrogens with zero attached hydrogens (tertiary/aromatic N) is 1. The Balaban J connectivity index is 1.68. The van der Waals surface area contributed by atoms with Gasteiger partial charge in [0.25, 0.3) is 5.91 Å². The van der Waals surface area contributed by atoms with Gasteiger partial charge < -0.3 is 14.8 Å². The summed E-state index contributed by atoms with van der Waals surface area (Å²) in [6.07, 6.45) is 2.78. The van der Waals surface area contributed by atoms with Gasteiger partial charge in [-0.25, -0.2) is 9.79 Å². The highest BCUT2D eigenvalue weighted by Gasteiger charge is 2.23. The number of carbonyl (C=O) groups excluding carboxylic acids is 2. The molecule has 0 radical (unpaired) electrons. The lowest BCUT2D eigenvalue weighted by molar-refractivity contribution is -0.145. The van der Waals surface area contributed by atoms with Crippen LogP contribution in [0.3, 0.4) is 0 Å². The van der Waals surface area contributed by atoms with Crippen LogP contribution < -0.4 is 10.1 Å². The Hall–Kier alpha value is -2.33. The van der Waals surface area contributed by atoms with Gasteiger partial charge in [0, 0.05) is 0 Å². The maximum absolute atomic E-state index is 12.3. The highest BCUT2D eigenvalue weighted by molar-refractivity contribution is 14.1. The van der Waals surface area contributed by atoms with Gasteiger partial charge in [-0.15, -0.1) is 0 Å². The molecule has 8 heteroatoms. The van der Waals surface area contributed by atoms with E-state index in [9.17, 15) is 9.59 Å². The maximum Gasteiger partial charge on any atom is 0.344 e. The summed E-state index contributed by atoms with van der Waals surface area (Å²) in [5.41, 5.74) is 2.90. The van der Waals surface area contributed by atoms with E-state index in [1.54, 1.807) is 19.1 Å². The molecule has 1 aliphatic rings. The van der Waals surface area contributed by atoms with Crippen molar-refractivity contribution in [2.75, 3.05) is 13.2 Å². The summed E-state index contributed by atoms with van der Waals surface area (Å²) in [7, 11) is 0. The smallest absolute Gasteiger partial charge is 0.344 e. The number of rotatable bonds is 7. The first-order valence-electron chi connectivity index (χ1n) is 9.45. The van der Waals surface area contributed by atoms with Crippen molar-refractivity contribution in [1.82, 2.24) is 5.32 Å². The van der Waals surface area contributed by atoms with Crippen LogP contribution in [-0.4, -0.2) is 30.3 Å². The van der Waals surface area contributed by atoms with Crippen LogP contribution in [0.25, 0.3) is 6.08 Å². The van der Waals surface area contributed by atoms with Gasteiger partial charge in [0.1, 0.15) is 5.75 Å². The number of hydrogen-bond acceptors (Lipinski definition) is 6. The van der Waals surface area contributed by atoms with E-state index >= 15 is 0 Å². The molecule has 0 aliphatic carbocycles. The van der Waals surface area contributed by atoms with Crippen LogP contribution in [0, 0.1) is 3.57 Å². The Kier molecular flexibility index (Phi) is 7.92. The number of benzene rings is 2. The summed E-state index contributed by atoms with van der Waals surface area (Å²) in [6.45, 7) is 4.03. The van der Waals surface area contributed by atoms with Crippen molar-refractivity contribution >= 4 is 63.2 Å². The number of ether oxygens (including phenoxy) is 2. The zero-order valence-corrected chi connectivity index (χ0v) is 19.6. The molecule has 1 aliphatic heterocycles. The molecule has 1 fully saturated rings. The van der Waals surface area contributed by atoms with E-state index in [1.165, 1.54) is 17.3 Å². The molecule has 0 aromatic heterocycles. The molecular weight excluding hydrogens is 515 g/mol. The number of halogens is 1. The fraction of sp³-hybridized carbons (Fsp3) is 0.227. The van der Waals surface area contributed by atoms with Crippen LogP contribution in [0.5, 0.6) is 5.75 Å². The average Bonchev–Trinajstić information content (AvgIpc) is 3.07. The molecule has 0 bridgehead atoms. The SMILES string of the molecule is CCOC(=O)COc1ccc(/C=C2\SC(=Nc3ccc(CC)cc3)NC2=O)cc1I. The Morgan fingerprint density at radius 3 is 2.63 bits per heavy atom. The predicted octanol–water partition coefficient (Wildman–Crippen LogP) is 4.69. The van der Waals surface area contributed by atoms with Gasteiger partial charge in [-0.2, -0.15) is 0 Å². The second kappa shape index (κ2) is 10.6. The molecule has 2 aromatic rings. The van der Waals surface area contributed by atoms with E-state index in [0.717, 1.165) is 21.2 Å². The van der Waals surface area contributed by atoms with Crippen molar-refractivity contribution in [2.45, 2.75) is 20.3 Å². The topological polar surface area (TPSA) is 77.0 Å². The van der Waals surface area contributed by atoms with Gasteiger partial charge in [0.15, 0.2) is 11.8 Å². The van der Waals surface area contributed by atoms with Gasteiger partial charge in [-0.05, 0) is 89.2 Å². The molecule has 2 aromatic carbocycles. The minimum atomic E-state index is -0.408. The van der Waals surface area contributed by atoms with Crippen molar-refractivity contribution in [1.29, 1.82) is 0 Å². The first kappa shape index (κ1) is 22.4. The molecule has 156 valence electrons. The number of nitrogens with one attached hydrogen (secondary N) is 1. The molecule has 30 heavy (non-hydrogen) atoms. The zero-order valence-electron chi connectivity index (χ0n) is 16.6. The second-order valence-electron chi connectivity index (χ2n) is 6.29. The highest BCUT2D eigenvalue weighted by atomic mass is 127.